The second kappa shape index (κ2) is 10.1. The molecule has 0 radical (unpaired) electrons. The van der Waals surface area contributed by atoms with Gasteiger partial charge >= 0.3 is 6.03 Å². The average molecular weight is 269 g/mol. The predicted molar refractivity (Wildman–Crippen MR) is 80.4 cm³/mol. The zero-order valence-corrected chi connectivity index (χ0v) is 12.7. The van der Waals surface area contributed by atoms with Gasteiger partial charge in [0.1, 0.15) is 0 Å². The first-order valence-corrected chi connectivity index (χ1v) is 8.00. The molecule has 0 aromatic heterocycles. The van der Waals surface area contributed by atoms with Crippen LogP contribution in [0.2, 0.25) is 0 Å². The lowest BCUT2D eigenvalue weighted by Gasteiger charge is -2.22. The molecule has 1 aliphatic carbocycles. The summed E-state index contributed by atoms with van der Waals surface area (Å²) in [6, 6.07) is 0.00474. The van der Waals surface area contributed by atoms with Gasteiger partial charge in [-0.15, -0.1) is 0 Å². The van der Waals surface area contributed by atoms with Crippen LogP contribution in [-0.2, 0) is 0 Å². The molecule has 0 saturated heterocycles. The van der Waals surface area contributed by atoms with Crippen molar-refractivity contribution in [1.82, 2.24) is 15.5 Å². The minimum Gasteiger partial charge on any atom is -0.338 e. The van der Waals surface area contributed by atoms with E-state index in [0.717, 1.165) is 39.1 Å². The summed E-state index contributed by atoms with van der Waals surface area (Å²) in [5.74, 6) is 0.704. The smallest absolute Gasteiger partial charge is 0.314 e. The van der Waals surface area contributed by atoms with Crippen LogP contribution >= 0.6 is 0 Å². The molecular weight excluding hydrogens is 238 g/mol. The Balaban J connectivity index is 1.98. The third-order valence-electron chi connectivity index (χ3n) is 4.11. The first-order valence-electron chi connectivity index (χ1n) is 8.00. The molecule has 0 aliphatic heterocycles. The van der Waals surface area contributed by atoms with Gasteiger partial charge in [-0.1, -0.05) is 33.1 Å². The van der Waals surface area contributed by atoms with Crippen LogP contribution in [0.25, 0.3) is 0 Å². The van der Waals surface area contributed by atoms with Gasteiger partial charge in [0.2, 0.25) is 0 Å². The Kier molecular flexibility index (Phi) is 8.63. The molecule has 2 N–H and O–H groups in total. The molecule has 0 atom stereocenters. The Hall–Kier alpha value is -0.770. The second-order valence-corrected chi connectivity index (χ2v) is 5.52. The standard InChI is InChI=1S/C15H31N3O/c1-3-18(4-2)12-8-11-16-15(19)17-13-14-9-6-5-7-10-14/h14H,3-13H2,1-2H3,(H2,16,17,19). The van der Waals surface area contributed by atoms with E-state index in [-0.39, 0.29) is 6.03 Å². The molecule has 19 heavy (non-hydrogen) atoms. The minimum atomic E-state index is 0.00474. The average Bonchev–Trinajstić information content (AvgIpc) is 2.46. The number of carbonyl (C=O) groups is 1. The van der Waals surface area contributed by atoms with E-state index in [1.807, 2.05) is 0 Å². The maximum absolute atomic E-state index is 11.6. The third-order valence-corrected chi connectivity index (χ3v) is 4.11. The monoisotopic (exact) mass is 269 g/mol. The maximum atomic E-state index is 11.6. The van der Waals surface area contributed by atoms with Crippen LogP contribution in [0.15, 0.2) is 0 Å². The molecule has 0 unspecified atom stereocenters. The highest BCUT2D eigenvalue weighted by Crippen LogP contribution is 2.22. The lowest BCUT2D eigenvalue weighted by atomic mass is 9.89. The van der Waals surface area contributed by atoms with E-state index in [1.54, 1.807) is 0 Å². The topological polar surface area (TPSA) is 44.4 Å². The molecule has 0 bridgehead atoms. The molecule has 1 fully saturated rings. The lowest BCUT2D eigenvalue weighted by molar-refractivity contribution is 0.234. The molecular formula is C15H31N3O. The summed E-state index contributed by atoms with van der Waals surface area (Å²) in [5.41, 5.74) is 0. The van der Waals surface area contributed by atoms with Crippen molar-refractivity contribution in [2.24, 2.45) is 5.92 Å². The fraction of sp³-hybridized carbons (Fsp3) is 0.933. The number of urea groups is 1. The van der Waals surface area contributed by atoms with Crippen molar-refractivity contribution in [3.8, 4) is 0 Å². The van der Waals surface area contributed by atoms with Crippen LogP contribution < -0.4 is 10.6 Å². The maximum Gasteiger partial charge on any atom is 0.314 e. The second-order valence-electron chi connectivity index (χ2n) is 5.52. The Labute approximate surface area is 118 Å². The summed E-state index contributed by atoms with van der Waals surface area (Å²) in [6.07, 6.45) is 7.62. The van der Waals surface area contributed by atoms with Gasteiger partial charge < -0.3 is 15.5 Å². The van der Waals surface area contributed by atoms with Gasteiger partial charge in [0.15, 0.2) is 0 Å². The summed E-state index contributed by atoms with van der Waals surface area (Å²) in [7, 11) is 0. The largest absolute Gasteiger partial charge is 0.338 e. The first-order chi connectivity index (χ1) is 9.26. The molecule has 1 saturated carbocycles. The Bertz CT molecular complexity index is 236. The molecule has 0 aromatic rings. The predicted octanol–water partition coefficient (Wildman–Crippen LogP) is 2.60. The molecule has 1 aliphatic rings. The Morgan fingerprint density at radius 3 is 2.42 bits per heavy atom. The molecule has 0 heterocycles. The van der Waals surface area contributed by atoms with Crippen LogP contribution in [0.3, 0.4) is 0 Å². The zero-order chi connectivity index (χ0) is 13.9. The van der Waals surface area contributed by atoms with Gasteiger partial charge in [-0.25, -0.2) is 4.79 Å². The molecule has 0 spiro atoms. The summed E-state index contributed by atoms with van der Waals surface area (Å²) in [6.45, 7) is 9.21. The van der Waals surface area contributed by atoms with E-state index in [1.165, 1.54) is 32.1 Å². The van der Waals surface area contributed by atoms with E-state index in [9.17, 15) is 4.79 Å². The van der Waals surface area contributed by atoms with Gasteiger partial charge in [0, 0.05) is 13.1 Å². The number of hydrogen-bond donors (Lipinski definition) is 2. The van der Waals surface area contributed by atoms with Crippen molar-refractivity contribution >= 4 is 6.03 Å². The Morgan fingerprint density at radius 1 is 1.11 bits per heavy atom. The van der Waals surface area contributed by atoms with Crippen LogP contribution in [-0.4, -0.2) is 43.7 Å². The van der Waals surface area contributed by atoms with E-state index in [4.69, 9.17) is 0 Å². The van der Waals surface area contributed by atoms with Crippen LogP contribution in [0.4, 0.5) is 4.79 Å². The van der Waals surface area contributed by atoms with Gasteiger partial charge in [0.05, 0.1) is 0 Å². The van der Waals surface area contributed by atoms with Gasteiger partial charge in [-0.2, -0.15) is 0 Å². The fourth-order valence-electron chi connectivity index (χ4n) is 2.74. The lowest BCUT2D eigenvalue weighted by Crippen LogP contribution is -2.39. The van der Waals surface area contributed by atoms with E-state index >= 15 is 0 Å². The van der Waals surface area contributed by atoms with Crippen molar-refractivity contribution in [3.63, 3.8) is 0 Å². The number of rotatable bonds is 8. The molecule has 0 aromatic carbocycles. The fourth-order valence-corrected chi connectivity index (χ4v) is 2.74. The Morgan fingerprint density at radius 2 is 1.79 bits per heavy atom. The SMILES string of the molecule is CCN(CC)CCCNC(=O)NCC1CCCCC1. The van der Waals surface area contributed by atoms with Crippen LogP contribution in [0.1, 0.15) is 52.4 Å². The summed E-state index contributed by atoms with van der Waals surface area (Å²) in [5, 5.41) is 5.95. The number of hydrogen-bond acceptors (Lipinski definition) is 2. The number of carbonyl (C=O) groups excluding carboxylic acids is 1. The van der Waals surface area contributed by atoms with Gasteiger partial charge in [-0.3, -0.25) is 0 Å². The minimum absolute atomic E-state index is 0.00474. The third kappa shape index (κ3) is 7.41. The number of nitrogens with zero attached hydrogens (tertiary/aromatic N) is 1. The quantitative estimate of drug-likeness (QED) is 0.665. The highest BCUT2D eigenvalue weighted by Gasteiger charge is 2.13. The van der Waals surface area contributed by atoms with Gasteiger partial charge in [-0.05, 0) is 44.8 Å². The first kappa shape index (κ1) is 16.3. The van der Waals surface area contributed by atoms with Crippen LogP contribution in [0.5, 0.6) is 0 Å². The molecule has 112 valence electrons. The van der Waals surface area contributed by atoms with E-state index < -0.39 is 0 Å². The van der Waals surface area contributed by atoms with Crippen molar-refractivity contribution in [2.75, 3.05) is 32.7 Å². The van der Waals surface area contributed by atoms with E-state index in [2.05, 4.69) is 29.4 Å². The molecule has 1 rings (SSSR count). The molecule has 4 nitrogen and oxygen atoms in total. The summed E-state index contributed by atoms with van der Waals surface area (Å²) in [4.78, 5) is 14.0. The van der Waals surface area contributed by atoms with Gasteiger partial charge in [0.25, 0.3) is 0 Å². The van der Waals surface area contributed by atoms with Crippen molar-refractivity contribution in [3.05, 3.63) is 0 Å². The van der Waals surface area contributed by atoms with Crippen molar-refractivity contribution in [2.45, 2.75) is 52.4 Å². The highest BCUT2D eigenvalue weighted by molar-refractivity contribution is 5.73. The van der Waals surface area contributed by atoms with Crippen molar-refractivity contribution < 1.29 is 4.79 Å². The van der Waals surface area contributed by atoms with E-state index in [0.29, 0.717) is 5.92 Å². The number of nitrogens with one attached hydrogen (secondary N) is 2. The number of amides is 2. The normalized spacial score (nSPS) is 16.6. The molecule has 4 heteroatoms. The zero-order valence-electron chi connectivity index (χ0n) is 12.7. The van der Waals surface area contributed by atoms with Crippen LogP contribution in [0, 0.1) is 5.92 Å². The summed E-state index contributed by atoms with van der Waals surface area (Å²) < 4.78 is 0. The molecule has 2 amide bonds. The van der Waals surface area contributed by atoms with Crippen molar-refractivity contribution in [1.29, 1.82) is 0 Å². The summed E-state index contributed by atoms with van der Waals surface area (Å²) >= 11 is 0. The highest BCUT2D eigenvalue weighted by atomic mass is 16.2.